The number of nitrogens with zero attached hydrogens (tertiary/aromatic N) is 2. The summed E-state index contributed by atoms with van der Waals surface area (Å²) in [5.74, 6) is -0.598. The average molecular weight is 442 g/mol. The monoisotopic (exact) mass is 441 g/mol. The minimum Gasteiger partial charge on any atom is -0.465 e. The van der Waals surface area contributed by atoms with Crippen LogP contribution in [-0.2, 0) is 22.6 Å². The Morgan fingerprint density at radius 3 is 2.39 bits per heavy atom. The fourth-order valence-electron chi connectivity index (χ4n) is 4.18. The zero-order valence-electron chi connectivity index (χ0n) is 17.2. The number of ether oxygens (including phenoxy) is 1. The molecule has 2 heterocycles. The molecule has 7 nitrogen and oxygen atoms in total. The van der Waals surface area contributed by atoms with Crippen LogP contribution in [0.25, 0.3) is 0 Å². The molecule has 0 saturated carbocycles. The van der Waals surface area contributed by atoms with E-state index in [1.807, 2.05) is 24.3 Å². The summed E-state index contributed by atoms with van der Waals surface area (Å²) in [6, 6.07) is 13.2. The first-order chi connectivity index (χ1) is 15.0. The molecular weight excluding hydrogens is 418 g/mol. The number of amides is 3. The predicted molar refractivity (Wildman–Crippen MR) is 116 cm³/mol. The molecule has 8 heteroatoms. The van der Waals surface area contributed by atoms with Gasteiger partial charge >= 0.3 is 12.0 Å². The van der Waals surface area contributed by atoms with E-state index in [4.69, 9.17) is 16.3 Å². The summed E-state index contributed by atoms with van der Waals surface area (Å²) in [6.45, 7) is 1.29. The number of imide groups is 1. The van der Waals surface area contributed by atoms with E-state index in [0.717, 1.165) is 30.5 Å². The summed E-state index contributed by atoms with van der Waals surface area (Å²) in [6.07, 6.45) is 1.67. The second-order valence-corrected chi connectivity index (χ2v) is 8.23. The van der Waals surface area contributed by atoms with E-state index in [9.17, 15) is 14.4 Å². The summed E-state index contributed by atoms with van der Waals surface area (Å²) < 4.78 is 4.74. The lowest BCUT2D eigenvalue weighted by molar-refractivity contribution is -0.137. The average Bonchev–Trinajstić information content (AvgIpc) is 2.80. The second-order valence-electron chi connectivity index (χ2n) is 7.79. The number of hydrogen-bond acceptors (Lipinski definition) is 5. The Bertz CT molecular complexity index is 977. The highest BCUT2D eigenvalue weighted by Crippen LogP contribution is 2.28. The largest absolute Gasteiger partial charge is 0.465 e. The van der Waals surface area contributed by atoms with Crippen LogP contribution in [0.3, 0.4) is 0 Å². The standard InChI is InChI=1S/C23H24ClN3O4/c1-31-22(29)17-8-4-15(5-9-17)13-26-19-3-2-12-25-20(19)21(28)27(23(26)30)14-16-6-10-18(24)11-7-16/h4-11,19-20,25H,2-3,12-14H2,1H3. The molecule has 0 spiro atoms. The molecule has 3 amide bonds. The van der Waals surface area contributed by atoms with E-state index in [1.54, 1.807) is 29.2 Å². The van der Waals surface area contributed by atoms with Gasteiger partial charge in [0.2, 0.25) is 5.91 Å². The van der Waals surface area contributed by atoms with Gasteiger partial charge in [-0.15, -0.1) is 0 Å². The fraction of sp³-hybridized carbons (Fsp3) is 0.348. The molecule has 162 valence electrons. The molecule has 0 bridgehead atoms. The van der Waals surface area contributed by atoms with Crippen LogP contribution in [0, 0.1) is 0 Å². The van der Waals surface area contributed by atoms with Crippen LogP contribution in [-0.4, -0.2) is 53.4 Å². The van der Waals surface area contributed by atoms with Gasteiger partial charge in [-0.05, 0) is 54.8 Å². The highest BCUT2D eigenvalue weighted by molar-refractivity contribution is 6.30. The third-order valence-corrected chi connectivity index (χ3v) is 6.07. The van der Waals surface area contributed by atoms with Crippen molar-refractivity contribution in [3.63, 3.8) is 0 Å². The predicted octanol–water partition coefficient (Wildman–Crippen LogP) is 3.21. The number of rotatable bonds is 5. The highest BCUT2D eigenvalue weighted by Gasteiger charge is 2.46. The number of nitrogens with one attached hydrogen (secondary N) is 1. The Balaban J connectivity index is 1.58. The lowest BCUT2D eigenvalue weighted by Gasteiger charge is -2.47. The Kier molecular flexibility index (Phi) is 6.25. The number of halogens is 1. The summed E-state index contributed by atoms with van der Waals surface area (Å²) in [5, 5.41) is 3.90. The lowest BCUT2D eigenvalue weighted by atomic mass is 9.92. The number of piperidine rings is 1. The fourth-order valence-corrected chi connectivity index (χ4v) is 4.31. The van der Waals surface area contributed by atoms with Crippen molar-refractivity contribution in [1.82, 2.24) is 15.1 Å². The van der Waals surface area contributed by atoms with E-state index >= 15 is 0 Å². The quantitative estimate of drug-likeness (QED) is 0.721. The topological polar surface area (TPSA) is 79.0 Å². The minimum absolute atomic E-state index is 0.192. The van der Waals surface area contributed by atoms with E-state index < -0.39 is 12.0 Å². The van der Waals surface area contributed by atoms with E-state index in [1.165, 1.54) is 12.0 Å². The normalized spacial score (nSPS) is 21.1. The van der Waals surface area contributed by atoms with Gasteiger partial charge in [0, 0.05) is 11.6 Å². The van der Waals surface area contributed by atoms with Crippen molar-refractivity contribution in [2.75, 3.05) is 13.7 Å². The van der Waals surface area contributed by atoms with Gasteiger partial charge in [-0.1, -0.05) is 35.9 Å². The third-order valence-electron chi connectivity index (χ3n) is 5.82. The first kappa shape index (κ1) is 21.3. The summed E-state index contributed by atoms with van der Waals surface area (Å²) in [5.41, 5.74) is 2.17. The lowest BCUT2D eigenvalue weighted by Crippen LogP contribution is -2.68. The molecule has 2 atom stereocenters. The summed E-state index contributed by atoms with van der Waals surface area (Å²) in [4.78, 5) is 41.3. The Morgan fingerprint density at radius 1 is 1.06 bits per heavy atom. The van der Waals surface area contributed by atoms with Gasteiger partial charge in [-0.25, -0.2) is 9.59 Å². The number of carbonyl (C=O) groups excluding carboxylic acids is 3. The Hall–Kier alpha value is -2.90. The minimum atomic E-state index is -0.423. The molecule has 2 aromatic rings. The first-order valence-corrected chi connectivity index (χ1v) is 10.6. The number of methoxy groups -OCH3 is 1. The molecule has 2 aliphatic rings. The number of hydrogen-bond donors (Lipinski definition) is 1. The maximum absolute atomic E-state index is 13.4. The van der Waals surface area contributed by atoms with Crippen molar-refractivity contribution >= 4 is 29.5 Å². The molecule has 1 N–H and O–H groups in total. The van der Waals surface area contributed by atoms with Gasteiger partial charge in [-0.3, -0.25) is 9.69 Å². The number of benzene rings is 2. The SMILES string of the molecule is COC(=O)c1ccc(CN2C(=O)N(Cc3ccc(Cl)cc3)C(=O)C3NCCCC32)cc1. The number of urea groups is 1. The Labute approximate surface area is 185 Å². The molecule has 2 unspecified atom stereocenters. The second kappa shape index (κ2) is 9.08. The van der Waals surface area contributed by atoms with Gasteiger partial charge in [-0.2, -0.15) is 0 Å². The van der Waals surface area contributed by atoms with E-state index in [0.29, 0.717) is 17.1 Å². The van der Waals surface area contributed by atoms with Crippen molar-refractivity contribution in [2.24, 2.45) is 0 Å². The van der Waals surface area contributed by atoms with Crippen molar-refractivity contribution in [1.29, 1.82) is 0 Å². The number of esters is 1. The molecule has 2 aromatic carbocycles. The molecule has 31 heavy (non-hydrogen) atoms. The maximum atomic E-state index is 13.4. The first-order valence-electron chi connectivity index (χ1n) is 10.2. The van der Waals surface area contributed by atoms with Gasteiger partial charge in [0.05, 0.1) is 25.3 Å². The molecule has 0 radical (unpaired) electrons. The van der Waals surface area contributed by atoms with Crippen LogP contribution in [0.1, 0.15) is 34.3 Å². The van der Waals surface area contributed by atoms with Gasteiger partial charge in [0.25, 0.3) is 0 Å². The number of fused-ring (bicyclic) bond motifs is 1. The summed E-state index contributed by atoms with van der Waals surface area (Å²) in [7, 11) is 1.34. The zero-order valence-corrected chi connectivity index (χ0v) is 18.0. The Morgan fingerprint density at radius 2 is 1.71 bits per heavy atom. The smallest absolute Gasteiger partial charge is 0.337 e. The van der Waals surface area contributed by atoms with E-state index in [2.05, 4.69) is 5.32 Å². The van der Waals surface area contributed by atoms with Gasteiger partial charge in [0.1, 0.15) is 6.04 Å². The van der Waals surface area contributed by atoms with Crippen LogP contribution in [0.15, 0.2) is 48.5 Å². The van der Waals surface area contributed by atoms with Gasteiger partial charge in [0.15, 0.2) is 0 Å². The summed E-state index contributed by atoms with van der Waals surface area (Å²) >= 11 is 5.96. The van der Waals surface area contributed by atoms with Gasteiger partial charge < -0.3 is 15.0 Å². The molecule has 2 aliphatic heterocycles. The third kappa shape index (κ3) is 4.43. The van der Waals surface area contributed by atoms with Crippen molar-refractivity contribution < 1.29 is 19.1 Å². The van der Waals surface area contributed by atoms with Crippen molar-refractivity contribution in [3.05, 3.63) is 70.2 Å². The van der Waals surface area contributed by atoms with E-state index in [-0.39, 0.29) is 24.5 Å². The molecule has 0 aliphatic carbocycles. The van der Waals surface area contributed by atoms with Crippen LogP contribution in [0.5, 0.6) is 0 Å². The molecule has 2 saturated heterocycles. The van der Waals surface area contributed by atoms with Crippen LogP contribution >= 0.6 is 11.6 Å². The number of carbonyl (C=O) groups is 3. The van der Waals surface area contributed by atoms with Crippen LogP contribution in [0.2, 0.25) is 5.02 Å². The van der Waals surface area contributed by atoms with Crippen LogP contribution in [0.4, 0.5) is 4.79 Å². The highest BCUT2D eigenvalue weighted by atomic mass is 35.5. The molecule has 4 rings (SSSR count). The molecule has 2 fully saturated rings. The van der Waals surface area contributed by atoms with Crippen LogP contribution < -0.4 is 5.32 Å². The molecular formula is C23H24ClN3O4. The maximum Gasteiger partial charge on any atom is 0.337 e. The van der Waals surface area contributed by atoms with Crippen molar-refractivity contribution in [2.45, 2.75) is 38.0 Å². The van der Waals surface area contributed by atoms with Crippen molar-refractivity contribution in [3.8, 4) is 0 Å². The zero-order chi connectivity index (χ0) is 22.0. The molecule has 0 aromatic heterocycles.